The molecule has 0 radical (unpaired) electrons. The van der Waals surface area contributed by atoms with Gasteiger partial charge in [-0.2, -0.15) is 4.31 Å². The fraction of sp³-hybridized carbons (Fsp3) is 0.241. The fourth-order valence-corrected chi connectivity index (χ4v) is 7.14. The summed E-state index contributed by atoms with van der Waals surface area (Å²) in [6.07, 6.45) is 1.10. The van der Waals surface area contributed by atoms with E-state index in [4.69, 9.17) is 4.42 Å². The largest absolute Gasteiger partial charge is 0.506 e. The number of phenolic OH excluding ortho intramolecular Hbond substituents is 1. The van der Waals surface area contributed by atoms with E-state index < -0.39 is 10.0 Å². The Balaban J connectivity index is 1.67. The van der Waals surface area contributed by atoms with Crippen LogP contribution >= 0.6 is 31.9 Å². The Bertz CT molecular complexity index is 1670. The minimum absolute atomic E-state index is 0.00390. The number of ketones is 1. The molecule has 8 nitrogen and oxygen atoms in total. The van der Waals surface area contributed by atoms with Crippen LogP contribution in [0, 0.1) is 0 Å². The highest BCUT2D eigenvalue weighted by atomic mass is 79.9. The molecule has 1 amide bonds. The Morgan fingerprint density at radius 3 is 2.23 bits per heavy atom. The number of phenols is 1. The number of benzene rings is 3. The number of sulfonamides is 1. The minimum Gasteiger partial charge on any atom is -0.506 e. The van der Waals surface area contributed by atoms with E-state index in [1.807, 2.05) is 13.8 Å². The number of carbonyl (C=O) groups is 2. The average molecular weight is 692 g/mol. The van der Waals surface area contributed by atoms with Crippen molar-refractivity contribution in [1.29, 1.82) is 0 Å². The van der Waals surface area contributed by atoms with Crippen LogP contribution in [0.3, 0.4) is 0 Å². The Labute approximate surface area is 249 Å². The predicted octanol–water partition coefficient (Wildman–Crippen LogP) is 7.02. The zero-order valence-corrected chi connectivity index (χ0v) is 26.1. The summed E-state index contributed by atoms with van der Waals surface area (Å²) in [5.74, 6) is 0.0399. The molecule has 0 aliphatic rings. The van der Waals surface area contributed by atoms with Crippen molar-refractivity contribution >= 4 is 70.2 Å². The van der Waals surface area contributed by atoms with Crippen molar-refractivity contribution in [2.45, 2.75) is 45.1 Å². The quantitative estimate of drug-likeness (QED) is 0.173. The summed E-state index contributed by atoms with van der Waals surface area (Å²) in [5.41, 5.74) is 2.53. The van der Waals surface area contributed by atoms with Crippen LogP contribution in [0.5, 0.6) is 5.75 Å². The number of amides is 1. The Morgan fingerprint density at radius 2 is 1.65 bits per heavy atom. The van der Waals surface area contributed by atoms with Crippen LogP contribution in [0.2, 0.25) is 0 Å². The van der Waals surface area contributed by atoms with E-state index in [-0.39, 0.29) is 28.9 Å². The number of rotatable bonds is 10. The first-order valence-electron chi connectivity index (χ1n) is 12.6. The summed E-state index contributed by atoms with van der Waals surface area (Å²) >= 11 is 6.56. The number of furan rings is 1. The molecule has 0 bridgehead atoms. The van der Waals surface area contributed by atoms with Gasteiger partial charge in [0.05, 0.1) is 19.4 Å². The van der Waals surface area contributed by atoms with E-state index in [0.717, 1.165) is 0 Å². The van der Waals surface area contributed by atoms with E-state index in [1.165, 1.54) is 23.4 Å². The third-order valence-corrected chi connectivity index (χ3v) is 9.37. The third kappa shape index (κ3) is 6.17. The molecule has 0 unspecified atom stereocenters. The molecule has 2 N–H and O–H groups in total. The zero-order chi connectivity index (χ0) is 29.2. The Morgan fingerprint density at radius 1 is 1.00 bits per heavy atom. The Kier molecular flexibility index (Phi) is 9.19. The van der Waals surface area contributed by atoms with E-state index >= 15 is 0 Å². The molecule has 0 saturated heterocycles. The predicted molar refractivity (Wildman–Crippen MR) is 161 cm³/mol. The number of hydrogen-bond acceptors (Lipinski definition) is 6. The maximum absolute atomic E-state index is 13.5. The molecule has 1 heterocycles. The van der Waals surface area contributed by atoms with Crippen molar-refractivity contribution in [3.8, 4) is 5.75 Å². The molecule has 0 fully saturated rings. The van der Waals surface area contributed by atoms with Crippen LogP contribution in [0.4, 0.5) is 5.69 Å². The van der Waals surface area contributed by atoms with E-state index in [0.29, 0.717) is 67.4 Å². The molecular formula is C29H28Br2N2O6S. The summed E-state index contributed by atoms with van der Waals surface area (Å²) in [6, 6.07) is 14.5. The number of carbonyl (C=O) groups excluding carboxylic acids is 2. The highest BCUT2D eigenvalue weighted by molar-refractivity contribution is 9.11. The van der Waals surface area contributed by atoms with Crippen molar-refractivity contribution in [3.63, 3.8) is 0 Å². The number of nitrogens with one attached hydrogen (secondary N) is 1. The van der Waals surface area contributed by atoms with Crippen molar-refractivity contribution in [1.82, 2.24) is 4.31 Å². The summed E-state index contributed by atoms with van der Waals surface area (Å²) in [4.78, 5) is 25.0. The average Bonchev–Trinajstić information content (AvgIpc) is 3.28. The van der Waals surface area contributed by atoms with Gasteiger partial charge in [-0.1, -0.05) is 26.0 Å². The lowest BCUT2D eigenvalue weighted by atomic mass is 9.98. The second-order valence-electron chi connectivity index (χ2n) is 9.25. The lowest BCUT2D eigenvalue weighted by Crippen LogP contribution is -2.31. The van der Waals surface area contributed by atoms with E-state index in [1.54, 1.807) is 42.5 Å². The van der Waals surface area contributed by atoms with Crippen LogP contribution in [0.25, 0.3) is 11.0 Å². The van der Waals surface area contributed by atoms with Gasteiger partial charge in [0.15, 0.2) is 5.78 Å². The molecule has 0 saturated carbocycles. The lowest BCUT2D eigenvalue weighted by molar-refractivity contribution is -0.114. The molecule has 210 valence electrons. The third-order valence-electron chi connectivity index (χ3n) is 6.30. The maximum Gasteiger partial charge on any atom is 0.243 e. The summed E-state index contributed by atoms with van der Waals surface area (Å²) in [6.45, 7) is 5.61. The topological polar surface area (TPSA) is 117 Å². The van der Waals surface area contributed by atoms with Gasteiger partial charge in [0, 0.05) is 43.1 Å². The van der Waals surface area contributed by atoms with Crippen molar-refractivity contribution in [2.75, 3.05) is 11.9 Å². The number of aryl methyl sites for hydroxylation is 1. The van der Waals surface area contributed by atoms with Crippen LogP contribution in [-0.4, -0.2) is 36.1 Å². The maximum atomic E-state index is 13.5. The first-order valence-corrected chi connectivity index (χ1v) is 15.6. The first-order chi connectivity index (χ1) is 19.0. The molecule has 0 aliphatic heterocycles. The molecule has 3 aromatic carbocycles. The molecule has 4 aromatic rings. The van der Waals surface area contributed by atoms with Crippen molar-refractivity contribution in [2.24, 2.45) is 0 Å². The lowest BCUT2D eigenvalue weighted by Gasteiger charge is -2.22. The second kappa shape index (κ2) is 12.3. The van der Waals surface area contributed by atoms with Gasteiger partial charge in [-0.05, 0) is 86.3 Å². The highest BCUT2D eigenvalue weighted by Gasteiger charge is 2.26. The normalized spacial score (nSPS) is 11.8. The molecule has 0 aliphatic carbocycles. The monoisotopic (exact) mass is 690 g/mol. The van der Waals surface area contributed by atoms with Gasteiger partial charge in [-0.3, -0.25) is 9.59 Å². The molecular weight excluding hydrogens is 664 g/mol. The molecule has 4 rings (SSSR count). The van der Waals surface area contributed by atoms with Crippen molar-refractivity contribution < 1.29 is 27.5 Å². The fourth-order valence-electron chi connectivity index (χ4n) is 4.43. The van der Waals surface area contributed by atoms with Crippen LogP contribution in [0.15, 0.2) is 72.9 Å². The molecule has 40 heavy (non-hydrogen) atoms. The van der Waals surface area contributed by atoms with Crippen LogP contribution in [0.1, 0.15) is 54.4 Å². The van der Waals surface area contributed by atoms with E-state index in [9.17, 15) is 23.1 Å². The van der Waals surface area contributed by atoms with Gasteiger partial charge in [0.2, 0.25) is 15.9 Å². The second-order valence-corrected chi connectivity index (χ2v) is 12.9. The first kappa shape index (κ1) is 30.0. The van der Waals surface area contributed by atoms with Gasteiger partial charge >= 0.3 is 0 Å². The van der Waals surface area contributed by atoms with Gasteiger partial charge in [0.1, 0.15) is 17.1 Å². The number of halogens is 2. The van der Waals surface area contributed by atoms with Crippen molar-refractivity contribution in [3.05, 3.63) is 86.0 Å². The number of anilines is 1. The number of fused-ring (bicyclic) bond motifs is 1. The minimum atomic E-state index is -3.82. The molecule has 1 aromatic heterocycles. The van der Waals surface area contributed by atoms with E-state index in [2.05, 4.69) is 37.2 Å². The Hall–Kier alpha value is -2.99. The number of aromatic hydroxyl groups is 1. The van der Waals surface area contributed by atoms with Crippen LogP contribution < -0.4 is 5.32 Å². The summed E-state index contributed by atoms with van der Waals surface area (Å²) in [5, 5.41) is 13.3. The highest BCUT2D eigenvalue weighted by Crippen LogP contribution is 2.36. The number of nitrogens with zero attached hydrogens (tertiary/aromatic N) is 1. The zero-order valence-electron chi connectivity index (χ0n) is 22.1. The van der Waals surface area contributed by atoms with Gasteiger partial charge in [-0.25, -0.2) is 8.42 Å². The molecule has 0 atom stereocenters. The van der Waals surface area contributed by atoms with Gasteiger partial charge < -0.3 is 14.8 Å². The van der Waals surface area contributed by atoms with Gasteiger partial charge in [-0.15, -0.1) is 0 Å². The van der Waals surface area contributed by atoms with Crippen LogP contribution in [-0.2, 0) is 27.8 Å². The summed E-state index contributed by atoms with van der Waals surface area (Å²) < 4.78 is 35.3. The SMILES string of the molecule is CCCN(Cc1ccc2c(C(=O)c3cc(Br)c(O)c(Br)c3)c(CC)oc2c1)S(=O)(=O)c1ccc(NC(C)=O)cc1. The van der Waals surface area contributed by atoms with Gasteiger partial charge in [0.25, 0.3) is 0 Å². The smallest absolute Gasteiger partial charge is 0.243 e. The molecule has 0 spiro atoms. The summed E-state index contributed by atoms with van der Waals surface area (Å²) in [7, 11) is -3.82. The standard InChI is InChI=1S/C29H28Br2N2O6S/c1-4-12-33(40(37,38)21-9-7-20(8-10-21)32-17(3)34)16-18-6-11-22-26(13-18)39-25(5-2)27(22)28(35)19-14-23(30)29(36)24(31)15-19/h6-11,13-15,36H,4-5,12,16H2,1-3H3,(H,32,34). The number of hydrogen-bond donors (Lipinski definition) is 2. The molecule has 11 heteroatoms.